The average molecular weight is 969 g/mol. The first-order chi connectivity index (χ1) is 34.4. The Morgan fingerprint density at radius 3 is 1.54 bits per heavy atom. The van der Waals surface area contributed by atoms with E-state index in [0.29, 0.717) is 52.5 Å². The zero-order valence-electron chi connectivity index (χ0n) is 42.2. The molecule has 2 aliphatic carbocycles. The van der Waals surface area contributed by atoms with Gasteiger partial charge in [-0.3, -0.25) is 15.0 Å². The first-order valence-corrected chi connectivity index (χ1v) is 25.8. The molecule has 72 heavy (non-hydrogen) atoms. The summed E-state index contributed by atoms with van der Waals surface area (Å²) >= 11 is 0. The van der Waals surface area contributed by atoms with E-state index in [2.05, 4.69) is 101 Å². The van der Waals surface area contributed by atoms with Gasteiger partial charge in [0, 0.05) is 48.2 Å². The molecule has 4 aromatic carbocycles. The van der Waals surface area contributed by atoms with Crippen LogP contribution in [0.1, 0.15) is 200 Å². The number of nitriles is 2. The van der Waals surface area contributed by atoms with Crippen molar-refractivity contribution in [2.75, 3.05) is 13.1 Å². The predicted molar refractivity (Wildman–Crippen MR) is 283 cm³/mol. The minimum atomic E-state index is -0.903. The molecule has 10 rings (SSSR count). The maximum atomic E-state index is 13.8. The topological polar surface area (TPSA) is 200 Å². The highest BCUT2D eigenvalue weighted by atomic mass is 16.4. The number of hydrogen-bond acceptors (Lipinski definition) is 9. The second-order valence-electron chi connectivity index (χ2n) is 20.1. The molecule has 4 fully saturated rings. The Labute approximate surface area is 425 Å². The quantitative estimate of drug-likeness (QED) is 0.102. The monoisotopic (exact) mass is 969 g/mol. The summed E-state index contributed by atoms with van der Waals surface area (Å²) in [6, 6.07) is 29.0. The number of hydrogen-bond donors (Lipinski definition) is 4. The van der Waals surface area contributed by atoms with E-state index in [1.807, 2.05) is 55.1 Å². The third-order valence-corrected chi connectivity index (χ3v) is 15.3. The summed E-state index contributed by atoms with van der Waals surface area (Å²) < 4.78 is 0. The lowest BCUT2D eigenvalue weighted by Gasteiger charge is -2.38. The number of carbonyl (C=O) groups is 2. The lowest BCUT2D eigenvalue weighted by atomic mass is 9.77. The number of piperidine rings is 2. The van der Waals surface area contributed by atoms with Crippen molar-refractivity contribution in [1.82, 2.24) is 40.6 Å². The number of aryl methyl sites for hydroxylation is 4. The van der Waals surface area contributed by atoms with Crippen molar-refractivity contribution in [2.45, 2.75) is 162 Å². The molecule has 0 radical (unpaired) electrons. The first-order valence-electron chi connectivity index (χ1n) is 25.8. The fraction of sp³-hybridized carbons (Fsp3) is 0.458. The number of amides is 1. The molecule has 0 spiro atoms. The summed E-state index contributed by atoms with van der Waals surface area (Å²) in [7, 11) is 0. The number of H-pyrrole nitrogens is 2. The Bertz CT molecular complexity index is 2900. The normalized spacial score (nSPS) is 19.6. The third-order valence-electron chi connectivity index (χ3n) is 15.3. The molecule has 1 amide bonds. The molecule has 6 aromatic rings. The average Bonchev–Trinajstić information content (AvgIpc) is 4.04. The van der Waals surface area contributed by atoms with Crippen LogP contribution < -0.4 is 5.32 Å². The SMILES string of the molecule is C.CC1CC(c2ccc(C#N)cc2)CCN1.CCc1nc(-c2cc(C(=O)N3CCC(c4ccc(C#N)cc4)CC3C)c(C)cc2C2CCC2)n[nH]1.CCc1nc(-c2cc(C(=O)O)c(C)cc2C2CCC2)n[nH]1. The van der Waals surface area contributed by atoms with E-state index in [0.717, 1.165) is 96.6 Å². The number of nitrogens with one attached hydrogen (secondary N) is 3. The fourth-order valence-electron chi connectivity index (χ4n) is 10.6. The molecule has 4 aliphatic rings. The van der Waals surface area contributed by atoms with E-state index < -0.39 is 5.97 Å². The van der Waals surface area contributed by atoms with Gasteiger partial charge in [-0.25, -0.2) is 14.8 Å². The first kappa shape index (κ1) is 52.9. The molecular formula is C59H72N10O3. The van der Waals surface area contributed by atoms with Gasteiger partial charge < -0.3 is 15.3 Å². The summed E-state index contributed by atoms with van der Waals surface area (Å²) in [6.45, 7) is 14.2. The van der Waals surface area contributed by atoms with Gasteiger partial charge in [-0.05, 0) is 179 Å². The van der Waals surface area contributed by atoms with Crippen LogP contribution in [0.25, 0.3) is 22.8 Å². The largest absolute Gasteiger partial charge is 0.478 e. The van der Waals surface area contributed by atoms with Gasteiger partial charge in [-0.15, -0.1) is 0 Å². The molecule has 4 unspecified atom stereocenters. The number of likely N-dealkylation sites (tertiary alicyclic amines) is 1. The molecule has 13 heteroatoms. The number of carbonyl (C=O) groups excluding carboxylic acids is 1. The van der Waals surface area contributed by atoms with Crippen LogP contribution in [0.2, 0.25) is 0 Å². The van der Waals surface area contributed by atoms with Gasteiger partial charge >= 0.3 is 5.97 Å². The zero-order valence-corrected chi connectivity index (χ0v) is 42.2. The van der Waals surface area contributed by atoms with E-state index in [-0.39, 0.29) is 19.4 Å². The second-order valence-corrected chi connectivity index (χ2v) is 20.1. The van der Waals surface area contributed by atoms with E-state index in [9.17, 15) is 14.7 Å². The van der Waals surface area contributed by atoms with Crippen LogP contribution in [0.4, 0.5) is 0 Å². The number of aromatic nitrogens is 6. The third kappa shape index (κ3) is 12.0. The van der Waals surface area contributed by atoms with Gasteiger partial charge in [0.1, 0.15) is 11.6 Å². The van der Waals surface area contributed by atoms with Crippen molar-refractivity contribution in [3.63, 3.8) is 0 Å². The molecule has 0 bridgehead atoms. The number of rotatable bonds is 10. The van der Waals surface area contributed by atoms with Crippen molar-refractivity contribution in [3.8, 4) is 34.9 Å². The molecule has 2 saturated carbocycles. The Balaban J connectivity index is 0.000000174. The minimum Gasteiger partial charge on any atom is -0.478 e. The molecule has 2 aliphatic heterocycles. The van der Waals surface area contributed by atoms with Gasteiger partial charge in [-0.2, -0.15) is 20.7 Å². The molecule has 376 valence electrons. The Kier molecular flexibility index (Phi) is 17.6. The van der Waals surface area contributed by atoms with Crippen molar-refractivity contribution in [2.24, 2.45) is 0 Å². The van der Waals surface area contributed by atoms with E-state index >= 15 is 0 Å². The molecule has 2 saturated heterocycles. The summed E-state index contributed by atoms with van der Waals surface area (Å²) in [5.41, 5.74) is 11.3. The van der Waals surface area contributed by atoms with Gasteiger partial charge in [0.25, 0.3) is 5.91 Å². The number of carboxylic acid groups (broad SMARTS) is 1. The highest BCUT2D eigenvalue weighted by molar-refractivity contribution is 5.97. The van der Waals surface area contributed by atoms with Crippen LogP contribution in [-0.4, -0.2) is 77.4 Å². The Morgan fingerprint density at radius 2 is 1.14 bits per heavy atom. The standard InChI is InChI=1S/C29H33N5O.C16H19N3O2.C13H16N2.CH4/c1-4-27-31-28(33-32-27)26-16-24(18(2)14-25(26)22-6-5-7-22)29(35)34-13-12-23(15-19(34)3)21-10-8-20(17-30)9-11-21;1-3-14-17-15(19-18-14)13-8-11(16(20)21)9(2)7-12(13)10-5-4-6-10;1-10-8-13(6-7-15-10)12-4-2-11(9-14)3-5-12;/h8-11,14,16,19,22-23H,4-7,12-13,15H2,1-3H3,(H,31,32,33);7-8,10H,3-6H2,1-2H3,(H,20,21)(H,17,18,19);2-5,10,13,15H,6-8H2,1H3;1H4. The van der Waals surface area contributed by atoms with Gasteiger partial charge in [-0.1, -0.05) is 70.5 Å². The summed E-state index contributed by atoms with van der Waals surface area (Å²) in [6.07, 6.45) is 13.0. The summed E-state index contributed by atoms with van der Waals surface area (Å²) in [5, 5.41) is 45.3. The summed E-state index contributed by atoms with van der Waals surface area (Å²) in [4.78, 5) is 36.4. The van der Waals surface area contributed by atoms with Crippen LogP contribution in [0.3, 0.4) is 0 Å². The summed E-state index contributed by atoms with van der Waals surface area (Å²) in [5.74, 6) is 4.29. The van der Waals surface area contributed by atoms with Crippen LogP contribution in [0, 0.1) is 36.5 Å². The maximum absolute atomic E-state index is 13.8. The Morgan fingerprint density at radius 1 is 0.667 bits per heavy atom. The van der Waals surface area contributed by atoms with Crippen molar-refractivity contribution >= 4 is 11.9 Å². The lowest BCUT2D eigenvalue weighted by Crippen LogP contribution is -2.44. The van der Waals surface area contributed by atoms with E-state index in [1.165, 1.54) is 60.8 Å². The molecule has 4 heterocycles. The van der Waals surface area contributed by atoms with Gasteiger partial charge in [0.05, 0.1) is 28.8 Å². The van der Waals surface area contributed by atoms with Gasteiger partial charge in [0.2, 0.25) is 0 Å². The highest BCUT2D eigenvalue weighted by Gasteiger charge is 2.33. The number of carboxylic acids is 1. The van der Waals surface area contributed by atoms with Crippen molar-refractivity contribution in [3.05, 3.63) is 140 Å². The van der Waals surface area contributed by atoms with Crippen LogP contribution in [0.5, 0.6) is 0 Å². The molecular weight excluding hydrogens is 897 g/mol. The van der Waals surface area contributed by atoms with E-state index in [1.54, 1.807) is 6.07 Å². The lowest BCUT2D eigenvalue weighted by molar-refractivity contribution is 0.0614. The Hall–Kier alpha value is -6.96. The smallest absolute Gasteiger partial charge is 0.335 e. The van der Waals surface area contributed by atoms with E-state index in [4.69, 9.17) is 15.5 Å². The molecule has 4 N–H and O–H groups in total. The molecule has 13 nitrogen and oxygen atoms in total. The fourth-order valence-corrected chi connectivity index (χ4v) is 10.6. The minimum absolute atomic E-state index is 0. The van der Waals surface area contributed by atoms with Crippen LogP contribution in [-0.2, 0) is 12.8 Å². The number of aromatic carboxylic acids is 1. The molecule has 4 atom stereocenters. The van der Waals surface area contributed by atoms with Crippen molar-refractivity contribution < 1.29 is 14.7 Å². The van der Waals surface area contributed by atoms with Gasteiger partial charge in [0.15, 0.2) is 11.6 Å². The molecule has 2 aromatic heterocycles. The van der Waals surface area contributed by atoms with Crippen LogP contribution >= 0.6 is 0 Å². The highest BCUT2D eigenvalue weighted by Crippen LogP contribution is 2.43. The maximum Gasteiger partial charge on any atom is 0.335 e. The zero-order chi connectivity index (χ0) is 50.2. The second kappa shape index (κ2) is 24.0. The number of nitrogens with zero attached hydrogens (tertiary/aromatic N) is 7. The van der Waals surface area contributed by atoms with Crippen molar-refractivity contribution in [1.29, 1.82) is 10.5 Å². The number of aromatic amines is 2. The predicted octanol–water partition coefficient (Wildman–Crippen LogP) is 12.2. The number of benzene rings is 4. The van der Waals surface area contributed by atoms with Crippen LogP contribution in [0.15, 0.2) is 72.8 Å².